The van der Waals surface area contributed by atoms with E-state index >= 15 is 0 Å². The van der Waals surface area contributed by atoms with Crippen LogP contribution in [0.1, 0.15) is 45.5 Å². The molecule has 108 valence electrons. The number of carbonyl (C=O) groups excluding carboxylic acids is 1. The average Bonchev–Trinajstić information content (AvgIpc) is 2.85. The molecule has 2 aromatic heterocycles. The third-order valence-corrected chi connectivity index (χ3v) is 5.01. The zero-order chi connectivity index (χ0) is 15.1. The summed E-state index contributed by atoms with van der Waals surface area (Å²) in [6, 6.07) is 1.85. The Hall–Kier alpha value is -1.62. The molecule has 0 spiro atoms. The molecule has 0 aromatic carbocycles. The van der Waals surface area contributed by atoms with Crippen LogP contribution in [0, 0.1) is 20.8 Å². The highest BCUT2D eigenvalue weighted by Gasteiger charge is 2.28. The van der Waals surface area contributed by atoms with Gasteiger partial charge in [0.2, 0.25) is 0 Å². The molecule has 0 radical (unpaired) electrons. The summed E-state index contributed by atoms with van der Waals surface area (Å²) in [5, 5.41) is 4.02. The van der Waals surface area contributed by atoms with Gasteiger partial charge in [0, 0.05) is 23.8 Å². The Bertz CT molecular complexity index is 633. The number of amides is 1. The number of aromatic nitrogens is 2. The Labute approximate surface area is 123 Å². The molecule has 0 saturated carbocycles. The lowest BCUT2D eigenvalue weighted by Crippen LogP contribution is -2.41. The molecule has 1 N–H and O–H groups in total. The first-order valence-electron chi connectivity index (χ1n) is 6.61. The highest BCUT2D eigenvalue weighted by atomic mass is 32.1. The number of thiazole rings is 1. The summed E-state index contributed by atoms with van der Waals surface area (Å²) in [5.74, 6) is -0.0568. The lowest BCUT2D eigenvalue weighted by atomic mass is 10.1. The molecule has 0 aliphatic heterocycles. The number of nitrogens with one attached hydrogen (secondary N) is 1. The Morgan fingerprint density at radius 2 is 2.00 bits per heavy atom. The van der Waals surface area contributed by atoms with E-state index in [1.54, 1.807) is 11.3 Å². The van der Waals surface area contributed by atoms with Gasteiger partial charge in [0.1, 0.15) is 5.01 Å². The van der Waals surface area contributed by atoms with Crippen LogP contribution >= 0.6 is 11.3 Å². The number of hydrogen-bond acceptors (Lipinski definition) is 3. The summed E-state index contributed by atoms with van der Waals surface area (Å²) >= 11 is 1.64. The molecule has 5 heteroatoms. The topological polar surface area (TPSA) is 46.9 Å². The predicted molar refractivity (Wildman–Crippen MR) is 82.2 cm³/mol. The number of nitrogens with zero attached hydrogens (tertiary/aromatic N) is 2. The lowest BCUT2D eigenvalue weighted by molar-refractivity contribution is 0.0911. The van der Waals surface area contributed by atoms with Crippen molar-refractivity contribution in [2.75, 3.05) is 0 Å². The monoisotopic (exact) mass is 291 g/mol. The van der Waals surface area contributed by atoms with Crippen LogP contribution in [-0.4, -0.2) is 15.5 Å². The van der Waals surface area contributed by atoms with E-state index in [0.717, 1.165) is 16.4 Å². The molecule has 0 aliphatic rings. The van der Waals surface area contributed by atoms with Gasteiger partial charge in [0.05, 0.1) is 16.8 Å². The second-order valence-corrected chi connectivity index (χ2v) is 6.87. The first-order valence-corrected chi connectivity index (χ1v) is 7.43. The molecule has 20 heavy (non-hydrogen) atoms. The van der Waals surface area contributed by atoms with Crippen molar-refractivity contribution in [3.63, 3.8) is 0 Å². The van der Waals surface area contributed by atoms with Gasteiger partial charge in [0.25, 0.3) is 5.91 Å². The summed E-state index contributed by atoms with van der Waals surface area (Å²) in [6.45, 7) is 9.96. The normalized spacial score (nSPS) is 11.7. The molecular formula is C15H21N3OS. The second kappa shape index (κ2) is 5.05. The standard InChI is InChI=1S/C15H21N3OS/c1-9-11(3)20-14(16-9)15(4,5)17-13(19)12-7-8-18(6)10(12)2/h7-8H,1-6H3,(H,17,19). The van der Waals surface area contributed by atoms with Crippen molar-refractivity contribution in [3.05, 3.63) is 39.1 Å². The van der Waals surface area contributed by atoms with Crippen LogP contribution < -0.4 is 5.32 Å². The second-order valence-electron chi connectivity index (χ2n) is 5.67. The molecule has 2 aromatic rings. The summed E-state index contributed by atoms with van der Waals surface area (Å²) in [4.78, 5) is 18.2. The fourth-order valence-electron chi connectivity index (χ4n) is 1.99. The number of carbonyl (C=O) groups is 1. The van der Waals surface area contributed by atoms with Crippen LogP contribution in [-0.2, 0) is 12.6 Å². The minimum atomic E-state index is -0.469. The van der Waals surface area contributed by atoms with Gasteiger partial charge in [-0.2, -0.15) is 0 Å². The SMILES string of the molecule is Cc1nc(C(C)(C)NC(=O)c2ccn(C)c2C)sc1C. The van der Waals surface area contributed by atoms with Gasteiger partial charge >= 0.3 is 0 Å². The fourth-order valence-corrected chi connectivity index (χ4v) is 2.97. The molecule has 0 bridgehead atoms. The van der Waals surface area contributed by atoms with Crippen LogP contribution in [0.15, 0.2) is 12.3 Å². The predicted octanol–water partition coefficient (Wildman–Crippen LogP) is 3.07. The summed E-state index contributed by atoms with van der Waals surface area (Å²) < 4.78 is 1.94. The van der Waals surface area contributed by atoms with Crippen LogP contribution in [0.5, 0.6) is 0 Å². The van der Waals surface area contributed by atoms with E-state index in [1.165, 1.54) is 4.88 Å². The van der Waals surface area contributed by atoms with Crippen molar-refractivity contribution in [3.8, 4) is 0 Å². The Kier molecular flexibility index (Phi) is 3.73. The minimum absolute atomic E-state index is 0.0568. The molecule has 0 aliphatic carbocycles. The zero-order valence-corrected chi connectivity index (χ0v) is 13.7. The molecule has 2 rings (SSSR count). The Morgan fingerprint density at radius 3 is 2.45 bits per heavy atom. The van der Waals surface area contributed by atoms with Crippen molar-refractivity contribution in [1.82, 2.24) is 14.9 Å². The number of aryl methyl sites for hydroxylation is 3. The van der Waals surface area contributed by atoms with Gasteiger partial charge in [-0.15, -0.1) is 11.3 Å². The molecule has 0 fully saturated rings. The van der Waals surface area contributed by atoms with Crippen LogP contribution in [0.4, 0.5) is 0 Å². The summed E-state index contributed by atoms with van der Waals surface area (Å²) in [6.07, 6.45) is 1.90. The highest BCUT2D eigenvalue weighted by Crippen LogP contribution is 2.27. The molecule has 0 unspecified atom stereocenters. The maximum Gasteiger partial charge on any atom is 0.253 e. The Morgan fingerprint density at radius 1 is 1.35 bits per heavy atom. The average molecular weight is 291 g/mol. The van der Waals surface area contributed by atoms with Crippen LogP contribution in [0.3, 0.4) is 0 Å². The van der Waals surface area contributed by atoms with E-state index in [-0.39, 0.29) is 5.91 Å². The van der Waals surface area contributed by atoms with E-state index in [1.807, 2.05) is 51.6 Å². The van der Waals surface area contributed by atoms with Crippen molar-refractivity contribution in [2.24, 2.45) is 7.05 Å². The number of hydrogen-bond donors (Lipinski definition) is 1. The molecular weight excluding hydrogens is 270 g/mol. The quantitative estimate of drug-likeness (QED) is 0.944. The van der Waals surface area contributed by atoms with Gasteiger partial charge in [-0.05, 0) is 40.7 Å². The zero-order valence-electron chi connectivity index (χ0n) is 12.9. The first-order chi connectivity index (χ1) is 9.22. The minimum Gasteiger partial charge on any atom is -0.354 e. The van der Waals surface area contributed by atoms with E-state index in [4.69, 9.17) is 0 Å². The van der Waals surface area contributed by atoms with Gasteiger partial charge in [-0.3, -0.25) is 4.79 Å². The van der Waals surface area contributed by atoms with Crippen molar-refractivity contribution in [1.29, 1.82) is 0 Å². The third kappa shape index (κ3) is 2.63. The van der Waals surface area contributed by atoms with E-state index in [2.05, 4.69) is 17.2 Å². The highest BCUT2D eigenvalue weighted by molar-refractivity contribution is 7.11. The van der Waals surface area contributed by atoms with E-state index < -0.39 is 5.54 Å². The molecule has 2 heterocycles. The number of rotatable bonds is 3. The smallest absolute Gasteiger partial charge is 0.253 e. The maximum absolute atomic E-state index is 12.4. The van der Waals surface area contributed by atoms with Gasteiger partial charge in [-0.25, -0.2) is 4.98 Å². The molecule has 0 atom stereocenters. The van der Waals surface area contributed by atoms with Crippen LogP contribution in [0.25, 0.3) is 0 Å². The Balaban J connectivity index is 2.24. The fraction of sp³-hybridized carbons (Fsp3) is 0.467. The molecule has 4 nitrogen and oxygen atoms in total. The largest absolute Gasteiger partial charge is 0.354 e. The van der Waals surface area contributed by atoms with E-state index in [0.29, 0.717) is 5.56 Å². The van der Waals surface area contributed by atoms with E-state index in [9.17, 15) is 4.79 Å². The first kappa shape index (κ1) is 14.8. The lowest BCUT2D eigenvalue weighted by Gasteiger charge is -2.24. The molecule has 0 saturated heterocycles. The molecule has 1 amide bonds. The van der Waals surface area contributed by atoms with Gasteiger partial charge in [-0.1, -0.05) is 0 Å². The van der Waals surface area contributed by atoms with Crippen molar-refractivity contribution < 1.29 is 4.79 Å². The maximum atomic E-state index is 12.4. The van der Waals surface area contributed by atoms with Crippen molar-refractivity contribution in [2.45, 2.75) is 40.2 Å². The van der Waals surface area contributed by atoms with Crippen molar-refractivity contribution >= 4 is 17.2 Å². The summed E-state index contributed by atoms with van der Waals surface area (Å²) in [5.41, 5.74) is 2.24. The summed E-state index contributed by atoms with van der Waals surface area (Å²) in [7, 11) is 1.94. The van der Waals surface area contributed by atoms with Gasteiger partial charge in [0.15, 0.2) is 0 Å². The van der Waals surface area contributed by atoms with Crippen LogP contribution in [0.2, 0.25) is 0 Å². The third-order valence-electron chi connectivity index (χ3n) is 3.62. The van der Waals surface area contributed by atoms with Gasteiger partial charge < -0.3 is 9.88 Å².